The molecule has 9 rings (SSSR count). The number of amides is 5. The lowest BCUT2D eigenvalue weighted by Gasteiger charge is -2.47. The van der Waals surface area contributed by atoms with Gasteiger partial charge in [0.15, 0.2) is 0 Å². The van der Waals surface area contributed by atoms with Crippen LogP contribution in [0, 0.1) is 17.7 Å². The van der Waals surface area contributed by atoms with E-state index >= 15 is 4.39 Å². The standard InChI is InChI=1S/C46H41Cl2FN6O6/c47-27-14-17-32-34(23-27)52-44(61)46(32)37(30-10-5-11-33(48)38(30)49)39(54-45(46)20-2-1-3-21-45)42(59)51-28-15-12-26(13-16-28)40(57)50-22-6-8-25-7-4-9-29-31(25)24-55(43(29)60)35-18-19-36(56)53-41(35)58/h4-5,7,9-17,23,35,37,39-40,50,54,57H,1-3,18-22,24H2,(H,51,59)(H,52,61)(H,53,56,58)/t35?,37-,39+,40?,46+/m0/s1. The number of nitrogens with one attached hydrogen (secondary N) is 5. The van der Waals surface area contributed by atoms with Crippen LogP contribution in [-0.2, 0) is 31.1 Å². The van der Waals surface area contributed by atoms with E-state index in [0.29, 0.717) is 57.1 Å². The number of hydrogen-bond acceptors (Lipinski definition) is 8. The van der Waals surface area contributed by atoms with Gasteiger partial charge >= 0.3 is 0 Å². The minimum Gasteiger partial charge on any atom is -0.374 e. The van der Waals surface area contributed by atoms with Gasteiger partial charge in [0, 0.05) is 51.9 Å². The lowest BCUT2D eigenvalue weighted by atomic mass is 9.55. The van der Waals surface area contributed by atoms with Crippen molar-refractivity contribution >= 4 is 64.1 Å². The molecule has 4 heterocycles. The van der Waals surface area contributed by atoms with Gasteiger partial charge in [0.25, 0.3) is 5.91 Å². The van der Waals surface area contributed by atoms with Crippen LogP contribution in [0.3, 0.4) is 0 Å². The van der Waals surface area contributed by atoms with Crippen LogP contribution in [0.2, 0.25) is 10.0 Å². The highest BCUT2D eigenvalue weighted by atomic mass is 35.5. The predicted octanol–water partition coefficient (Wildman–Crippen LogP) is 5.81. The van der Waals surface area contributed by atoms with E-state index < -0.39 is 52.8 Å². The SMILES string of the molecule is O=C1CCC(N2Cc3c(C#CCNC(O)c4ccc(NC(=O)[C@@H]5NC6(CCCCC6)[C@@]6(C(=O)Nc7cc(Cl)ccc76)[C@H]5c5cccc(Cl)c5F)cc4)cccc3C2=O)C(=O)N1. The number of fused-ring (bicyclic) bond motifs is 4. The maximum absolute atomic E-state index is 16.2. The molecule has 4 aliphatic heterocycles. The summed E-state index contributed by atoms with van der Waals surface area (Å²) in [4.78, 5) is 67.9. The summed E-state index contributed by atoms with van der Waals surface area (Å²) in [5.74, 6) is 2.48. The van der Waals surface area contributed by atoms with Gasteiger partial charge in [-0.05, 0) is 84.0 Å². The van der Waals surface area contributed by atoms with Crippen LogP contribution >= 0.6 is 23.2 Å². The number of halogens is 3. The highest BCUT2D eigenvalue weighted by molar-refractivity contribution is 6.31. The third-order valence-electron chi connectivity index (χ3n) is 13.0. The highest BCUT2D eigenvalue weighted by Crippen LogP contribution is 2.63. The zero-order valence-corrected chi connectivity index (χ0v) is 34.3. The fourth-order valence-electron chi connectivity index (χ4n) is 10.3. The normalized spacial score (nSPS) is 24.2. The summed E-state index contributed by atoms with van der Waals surface area (Å²) < 4.78 is 16.2. The molecule has 5 aliphatic rings. The quantitative estimate of drug-likeness (QED) is 0.0769. The van der Waals surface area contributed by atoms with Crippen LogP contribution in [0.25, 0.3) is 0 Å². The van der Waals surface area contributed by atoms with Crippen molar-refractivity contribution in [3.63, 3.8) is 0 Å². The molecule has 1 saturated carbocycles. The van der Waals surface area contributed by atoms with Crippen LogP contribution in [0.15, 0.2) is 78.9 Å². The average molecular weight is 864 g/mol. The number of carbonyl (C=O) groups excluding carboxylic acids is 5. The third kappa shape index (κ3) is 6.87. The van der Waals surface area contributed by atoms with E-state index in [1.807, 2.05) is 6.07 Å². The van der Waals surface area contributed by atoms with E-state index in [1.165, 1.54) is 11.0 Å². The number of imide groups is 1. The van der Waals surface area contributed by atoms with Crippen molar-refractivity contribution in [3.8, 4) is 11.8 Å². The first-order valence-corrected chi connectivity index (χ1v) is 21.1. The van der Waals surface area contributed by atoms with Gasteiger partial charge in [0.1, 0.15) is 23.5 Å². The van der Waals surface area contributed by atoms with E-state index in [9.17, 15) is 29.1 Å². The molecule has 2 spiro atoms. The first kappa shape index (κ1) is 40.8. The van der Waals surface area contributed by atoms with Crippen LogP contribution in [0.4, 0.5) is 15.8 Å². The summed E-state index contributed by atoms with van der Waals surface area (Å²) in [6.45, 7) is 0.287. The lowest BCUT2D eigenvalue weighted by Crippen LogP contribution is -2.60. The van der Waals surface area contributed by atoms with Gasteiger partial charge in [-0.15, -0.1) is 0 Å². The highest BCUT2D eigenvalue weighted by Gasteiger charge is 2.72. The lowest BCUT2D eigenvalue weighted by molar-refractivity contribution is -0.137. The summed E-state index contributed by atoms with van der Waals surface area (Å²) in [7, 11) is 0. The summed E-state index contributed by atoms with van der Waals surface area (Å²) in [5, 5.41) is 26.2. The fourth-order valence-corrected chi connectivity index (χ4v) is 10.6. The minimum absolute atomic E-state index is 0.0926. The summed E-state index contributed by atoms with van der Waals surface area (Å²) in [6, 6.07) is 19.9. The Balaban J connectivity index is 0.916. The van der Waals surface area contributed by atoms with Gasteiger partial charge in [-0.1, -0.05) is 90.7 Å². The molecule has 61 heavy (non-hydrogen) atoms. The Bertz CT molecular complexity index is 2570. The van der Waals surface area contributed by atoms with Crippen molar-refractivity contribution in [2.24, 2.45) is 0 Å². The zero-order valence-electron chi connectivity index (χ0n) is 32.7. The number of benzene rings is 4. The van der Waals surface area contributed by atoms with Gasteiger partial charge in [-0.3, -0.25) is 39.9 Å². The van der Waals surface area contributed by atoms with Crippen LogP contribution in [0.5, 0.6) is 0 Å². The van der Waals surface area contributed by atoms with Crippen molar-refractivity contribution in [3.05, 3.63) is 128 Å². The van der Waals surface area contributed by atoms with Crippen LogP contribution in [0.1, 0.15) is 95.3 Å². The van der Waals surface area contributed by atoms with Crippen molar-refractivity contribution in [2.45, 2.75) is 86.7 Å². The Morgan fingerprint density at radius 1 is 0.967 bits per heavy atom. The monoisotopic (exact) mass is 862 g/mol. The number of aliphatic hydroxyl groups is 1. The van der Waals surface area contributed by atoms with E-state index in [2.05, 4.69) is 38.4 Å². The van der Waals surface area contributed by atoms with Gasteiger partial charge in [-0.2, -0.15) is 0 Å². The van der Waals surface area contributed by atoms with Gasteiger partial charge in [0.2, 0.25) is 23.6 Å². The van der Waals surface area contributed by atoms with Gasteiger partial charge < -0.3 is 20.6 Å². The number of nitrogens with zero attached hydrogens (tertiary/aromatic N) is 1. The molecule has 2 saturated heterocycles. The van der Waals surface area contributed by atoms with E-state index in [4.69, 9.17) is 23.2 Å². The molecule has 0 radical (unpaired) electrons. The molecule has 15 heteroatoms. The van der Waals surface area contributed by atoms with Crippen molar-refractivity contribution in [2.75, 3.05) is 17.2 Å². The maximum atomic E-state index is 16.2. The molecule has 3 fully saturated rings. The Labute approximate surface area is 360 Å². The van der Waals surface area contributed by atoms with Gasteiger partial charge in [-0.25, -0.2) is 4.39 Å². The molecule has 1 aliphatic carbocycles. The first-order chi connectivity index (χ1) is 29.4. The first-order valence-electron chi connectivity index (χ1n) is 20.3. The van der Waals surface area contributed by atoms with E-state index in [1.54, 1.807) is 66.7 Å². The molecule has 0 aromatic heterocycles. The van der Waals surface area contributed by atoms with Crippen molar-refractivity contribution in [1.29, 1.82) is 0 Å². The molecular formula is C46H41Cl2FN6O6. The Morgan fingerprint density at radius 3 is 2.51 bits per heavy atom. The number of aliphatic hydroxyl groups excluding tert-OH is 1. The summed E-state index contributed by atoms with van der Waals surface area (Å²) in [6.07, 6.45) is 3.08. The second-order valence-corrected chi connectivity index (χ2v) is 17.1. The largest absolute Gasteiger partial charge is 0.374 e. The predicted molar refractivity (Wildman–Crippen MR) is 226 cm³/mol. The third-order valence-corrected chi connectivity index (χ3v) is 13.5. The molecular weight excluding hydrogens is 822 g/mol. The molecule has 0 bridgehead atoms. The molecule has 2 unspecified atom stereocenters. The van der Waals surface area contributed by atoms with Gasteiger partial charge in [0.05, 0.1) is 17.6 Å². The van der Waals surface area contributed by atoms with Crippen molar-refractivity contribution < 1.29 is 33.5 Å². The molecule has 12 nitrogen and oxygen atoms in total. The summed E-state index contributed by atoms with van der Waals surface area (Å²) in [5.41, 5.74) is 1.81. The number of hydrogen-bond donors (Lipinski definition) is 6. The van der Waals surface area contributed by atoms with Crippen molar-refractivity contribution in [1.82, 2.24) is 20.9 Å². The second-order valence-electron chi connectivity index (χ2n) is 16.3. The van der Waals surface area contributed by atoms with E-state index in [0.717, 1.165) is 19.3 Å². The topological polar surface area (TPSA) is 169 Å². The number of carbonyl (C=O) groups is 5. The molecule has 5 atom stereocenters. The Morgan fingerprint density at radius 2 is 1.74 bits per heavy atom. The molecule has 312 valence electrons. The minimum atomic E-state index is -1.36. The van der Waals surface area contributed by atoms with Crippen LogP contribution in [-0.4, -0.2) is 63.7 Å². The number of anilines is 2. The maximum Gasteiger partial charge on any atom is 0.255 e. The average Bonchev–Trinajstić information content (AvgIpc) is 3.84. The van der Waals surface area contributed by atoms with Crippen LogP contribution < -0.4 is 26.6 Å². The molecule has 4 aromatic carbocycles. The fraction of sp³-hybridized carbons (Fsp3) is 0.326. The second kappa shape index (κ2) is 16.0. The molecule has 4 aromatic rings. The Hall–Kier alpha value is -5.62. The van der Waals surface area contributed by atoms with E-state index in [-0.39, 0.29) is 54.2 Å². The number of rotatable bonds is 7. The Kier molecular flexibility index (Phi) is 10.7. The smallest absolute Gasteiger partial charge is 0.255 e. The zero-order chi connectivity index (χ0) is 42.6. The molecule has 6 N–H and O–H groups in total. The number of piperidine rings is 1. The molecule has 5 amide bonds. The summed E-state index contributed by atoms with van der Waals surface area (Å²) >= 11 is 12.8.